The summed E-state index contributed by atoms with van der Waals surface area (Å²) in [5.74, 6) is 1.38. The monoisotopic (exact) mass is 435 g/mol. The number of nitrogens with zero attached hydrogens (tertiary/aromatic N) is 2. The standard InChI is InChI=1S/C22H17N3O5S/c1-13-3-4-14(11-18(13)25(27)28)19-10-9-17(30-19)12-20-21(26)24-22(31-20)23-15-5-7-16(29-2)8-6-15/h3-12H,1-2H3,(H,23,24,26)/b20-12-. The minimum Gasteiger partial charge on any atom is -0.497 e. The number of hydrogen-bond donors (Lipinski definition) is 1. The smallest absolute Gasteiger partial charge is 0.273 e. The number of benzene rings is 2. The first-order chi connectivity index (χ1) is 14.9. The highest BCUT2D eigenvalue weighted by atomic mass is 32.2. The largest absolute Gasteiger partial charge is 0.497 e. The Hall–Kier alpha value is -3.85. The molecule has 0 saturated carbocycles. The molecule has 0 radical (unpaired) electrons. The Morgan fingerprint density at radius 1 is 1.16 bits per heavy atom. The van der Waals surface area contributed by atoms with Gasteiger partial charge in [-0.25, -0.2) is 4.99 Å². The van der Waals surface area contributed by atoms with E-state index in [0.717, 1.165) is 5.75 Å². The van der Waals surface area contributed by atoms with Gasteiger partial charge in [-0.15, -0.1) is 0 Å². The number of nitrogens with one attached hydrogen (secondary N) is 1. The highest BCUT2D eigenvalue weighted by Crippen LogP contribution is 2.32. The number of methoxy groups -OCH3 is 1. The maximum Gasteiger partial charge on any atom is 0.273 e. The van der Waals surface area contributed by atoms with Crippen molar-refractivity contribution in [2.45, 2.75) is 6.92 Å². The molecule has 8 nitrogen and oxygen atoms in total. The number of rotatable bonds is 5. The topological polar surface area (TPSA) is 107 Å². The van der Waals surface area contributed by atoms with Crippen molar-refractivity contribution in [1.82, 2.24) is 5.32 Å². The normalized spacial score (nSPS) is 16.0. The maximum absolute atomic E-state index is 12.3. The molecule has 9 heteroatoms. The van der Waals surface area contributed by atoms with Gasteiger partial charge in [0.15, 0.2) is 5.17 Å². The SMILES string of the molecule is COc1ccc(N=C2NC(=O)/C(=C/c3ccc(-c4ccc(C)c([N+](=O)[O-])c4)o3)S2)cc1. The van der Waals surface area contributed by atoms with Gasteiger partial charge in [-0.05, 0) is 55.1 Å². The zero-order valence-corrected chi connectivity index (χ0v) is 17.4. The molecule has 1 amide bonds. The Balaban J connectivity index is 1.54. The zero-order valence-electron chi connectivity index (χ0n) is 16.6. The van der Waals surface area contributed by atoms with Crippen LogP contribution < -0.4 is 10.1 Å². The van der Waals surface area contributed by atoms with E-state index in [-0.39, 0.29) is 11.6 Å². The first kappa shape index (κ1) is 20.4. The van der Waals surface area contributed by atoms with Gasteiger partial charge in [0, 0.05) is 23.3 Å². The molecule has 1 N–H and O–H groups in total. The number of amidine groups is 1. The number of ether oxygens (including phenoxy) is 1. The Kier molecular flexibility index (Phi) is 5.59. The predicted octanol–water partition coefficient (Wildman–Crippen LogP) is 5.06. The molecule has 1 aromatic heterocycles. The van der Waals surface area contributed by atoms with E-state index in [1.165, 1.54) is 17.8 Å². The van der Waals surface area contributed by atoms with E-state index in [2.05, 4.69) is 10.3 Å². The number of furan rings is 1. The van der Waals surface area contributed by atoms with Crippen LogP contribution in [0.15, 0.2) is 68.9 Å². The van der Waals surface area contributed by atoms with Gasteiger partial charge in [-0.2, -0.15) is 0 Å². The average Bonchev–Trinajstić information content (AvgIpc) is 3.35. The van der Waals surface area contributed by atoms with Crippen molar-refractivity contribution in [1.29, 1.82) is 0 Å². The van der Waals surface area contributed by atoms with Crippen LogP contribution in [0.2, 0.25) is 0 Å². The third-order valence-corrected chi connectivity index (χ3v) is 5.45. The maximum atomic E-state index is 12.3. The van der Waals surface area contributed by atoms with Crippen molar-refractivity contribution >= 4 is 40.3 Å². The molecule has 3 aromatic rings. The molecule has 0 unspecified atom stereocenters. The van der Waals surface area contributed by atoms with Gasteiger partial charge in [0.1, 0.15) is 17.3 Å². The summed E-state index contributed by atoms with van der Waals surface area (Å²) in [5, 5.41) is 14.4. The van der Waals surface area contributed by atoms with Crippen LogP contribution in [0.1, 0.15) is 11.3 Å². The van der Waals surface area contributed by atoms with Crippen molar-refractivity contribution in [3.8, 4) is 17.1 Å². The molecule has 2 aromatic carbocycles. The highest BCUT2D eigenvalue weighted by Gasteiger charge is 2.24. The van der Waals surface area contributed by atoms with Crippen LogP contribution in [-0.2, 0) is 4.79 Å². The van der Waals surface area contributed by atoms with E-state index in [0.29, 0.717) is 38.4 Å². The van der Waals surface area contributed by atoms with Gasteiger partial charge >= 0.3 is 0 Å². The van der Waals surface area contributed by atoms with Crippen molar-refractivity contribution in [2.24, 2.45) is 4.99 Å². The lowest BCUT2D eigenvalue weighted by molar-refractivity contribution is -0.385. The molecule has 2 heterocycles. The summed E-state index contributed by atoms with van der Waals surface area (Å²) in [7, 11) is 1.59. The molecular weight excluding hydrogens is 418 g/mol. The number of amides is 1. The average molecular weight is 435 g/mol. The minimum absolute atomic E-state index is 0.0268. The third-order valence-electron chi connectivity index (χ3n) is 4.54. The summed E-state index contributed by atoms with van der Waals surface area (Å²) in [4.78, 5) is 27.9. The lowest BCUT2D eigenvalue weighted by Gasteiger charge is -2.00. The van der Waals surface area contributed by atoms with Crippen LogP contribution in [0.4, 0.5) is 11.4 Å². The molecule has 4 rings (SSSR count). The lowest BCUT2D eigenvalue weighted by Crippen LogP contribution is -2.19. The van der Waals surface area contributed by atoms with Crippen molar-refractivity contribution < 1.29 is 18.9 Å². The van der Waals surface area contributed by atoms with Crippen LogP contribution in [0.25, 0.3) is 17.4 Å². The van der Waals surface area contributed by atoms with E-state index in [9.17, 15) is 14.9 Å². The number of hydrogen-bond acceptors (Lipinski definition) is 7. The Morgan fingerprint density at radius 2 is 1.94 bits per heavy atom. The van der Waals surface area contributed by atoms with Crippen molar-refractivity contribution in [3.63, 3.8) is 0 Å². The second-order valence-electron chi connectivity index (χ2n) is 6.64. The number of nitro benzene ring substituents is 1. The number of thioether (sulfide) groups is 1. The molecule has 1 saturated heterocycles. The fourth-order valence-corrected chi connectivity index (χ4v) is 3.75. The summed E-state index contributed by atoms with van der Waals surface area (Å²) in [6.45, 7) is 1.68. The van der Waals surface area contributed by atoms with Crippen LogP contribution in [-0.4, -0.2) is 23.1 Å². The number of carbonyl (C=O) groups excluding carboxylic acids is 1. The highest BCUT2D eigenvalue weighted by molar-refractivity contribution is 8.18. The molecule has 1 fully saturated rings. The number of nitro groups is 1. The fraction of sp³-hybridized carbons (Fsp3) is 0.0909. The molecule has 156 valence electrons. The van der Waals surface area contributed by atoms with Crippen molar-refractivity contribution in [2.75, 3.05) is 7.11 Å². The Labute approximate surface area is 181 Å². The van der Waals surface area contributed by atoms with E-state index >= 15 is 0 Å². The molecule has 0 aliphatic carbocycles. The number of carbonyl (C=O) groups is 1. The summed E-state index contributed by atoms with van der Waals surface area (Å²) in [6, 6.07) is 15.5. The number of aryl methyl sites for hydroxylation is 1. The zero-order chi connectivity index (χ0) is 22.0. The molecular formula is C22H17N3O5S. The van der Waals surface area contributed by atoms with Crippen molar-refractivity contribution in [3.05, 3.63) is 80.9 Å². The Morgan fingerprint density at radius 3 is 2.65 bits per heavy atom. The van der Waals surface area contributed by atoms with Gasteiger partial charge in [-0.3, -0.25) is 14.9 Å². The van der Waals surface area contributed by atoms with Crippen LogP contribution >= 0.6 is 11.8 Å². The molecule has 0 atom stereocenters. The van der Waals surface area contributed by atoms with E-state index < -0.39 is 4.92 Å². The fourth-order valence-electron chi connectivity index (χ4n) is 2.93. The number of aliphatic imine (C=N–C) groups is 1. The van der Waals surface area contributed by atoms with Crippen LogP contribution in [0.5, 0.6) is 5.75 Å². The molecule has 0 bridgehead atoms. The predicted molar refractivity (Wildman–Crippen MR) is 119 cm³/mol. The second kappa shape index (κ2) is 8.49. The molecule has 0 spiro atoms. The third kappa shape index (κ3) is 4.51. The van der Waals surface area contributed by atoms with Gasteiger partial charge in [0.2, 0.25) is 0 Å². The summed E-state index contributed by atoms with van der Waals surface area (Å²) >= 11 is 1.20. The summed E-state index contributed by atoms with van der Waals surface area (Å²) in [6.07, 6.45) is 1.61. The van der Waals surface area contributed by atoms with Crippen LogP contribution in [0.3, 0.4) is 0 Å². The summed E-state index contributed by atoms with van der Waals surface area (Å²) in [5.41, 5.74) is 1.88. The minimum atomic E-state index is -0.423. The van der Waals surface area contributed by atoms with Gasteiger partial charge in [0.05, 0.1) is 22.6 Å². The quantitative estimate of drug-likeness (QED) is 0.341. The second-order valence-corrected chi connectivity index (χ2v) is 7.67. The first-order valence-corrected chi connectivity index (χ1v) is 10.0. The lowest BCUT2D eigenvalue weighted by atomic mass is 10.1. The Bertz CT molecular complexity index is 1230. The first-order valence-electron chi connectivity index (χ1n) is 9.22. The van der Waals surface area contributed by atoms with E-state index in [1.54, 1.807) is 68.6 Å². The molecule has 1 aliphatic heterocycles. The van der Waals surface area contributed by atoms with E-state index in [4.69, 9.17) is 9.15 Å². The molecule has 1 aliphatic rings. The van der Waals surface area contributed by atoms with Crippen LogP contribution in [0, 0.1) is 17.0 Å². The van der Waals surface area contributed by atoms with Gasteiger partial charge < -0.3 is 14.5 Å². The molecule has 31 heavy (non-hydrogen) atoms. The van der Waals surface area contributed by atoms with Gasteiger partial charge in [-0.1, -0.05) is 12.1 Å². The van der Waals surface area contributed by atoms with Gasteiger partial charge in [0.25, 0.3) is 11.6 Å². The summed E-state index contributed by atoms with van der Waals surface area (Å²) < 4.78 is 10.9. The van der Waals surface area contributed by atoms with E-state index in [1.807, 2.05) is 0 Å².